The number of nitrogens with one attached hydrogen (secondary N) is 1. The number of phenolic OH excluding ortho intramolecular Hbond substituents is 1. The molecule has 2 fully saturated rings. The number of thioether (sulfide) groups is 1. The average molecular weight is 361 g/mol. The van der Waals surface area contributed by atoms with Gasteiger partial charge in [-0.3, -0.25) is 4.79 Å². The number of aromatic hydroxyl groups is 1. The summed E-state index contributed by atoms with van der Waals surface area (Å²) in [6.45, 7) is 0. The first kappa shape index (κ1) is 14.9. The van der Waals surface area contributed by atoms with E-state index in [9.17, 15) is 9.90 Å². The van der Waals surface area contributed by atoms with E-state index < -0.39 is 0 Å². The molecule has 1 aliphatic heterocycles. The number of methoxy groups -OCH3 is 1. The zero-order chi connectivity index (χ0) is 16.4. The van der Waals surface area contributed by atoms with E-state index in [-0.39, 0.29) is 16.5 Å². The fourth-order valence-electron chi connectivity index (χ4n) is 5.11. The molecule has 6 heteroatoms. The van der Waals surface area contributed by atoms with Gasteiger partial charge in [0.15, 0.2) is 11.5 Å². The highest BCUT2D eigenvalue weighted by Gasteiger charge is 2.54. The standard InChI is InChI=1S/C18H19NO3S2/c1-22-12-7-9(4-5-11(12)20)14-13-8-2-3-10(6-8)15(13)23-17-16(14)24-18(21)19-17/h4-5,7-8,10,13-15,20H,2-3,6H2,1H3,(H,19,21)/t8-,10-,13-,14-,15+/m0/s1. The third-order valence-corrected chi connectivity index (χ3v) is 8.65. The lowest BCUT2D eigenvalue weighted by Gasteiger charge is -2.40. The van der Waals surface area contributed by atoms with Crippen molar-refractivity contribution in [1.29, 1.82) is 0 Å². The largest absolute Gasteiger partial charge is 0.504 e. The number of aromatic amines is 1. The summed E-state index contributed by atoms with van der Waals surface area (Å²) in [6, 6.07) is 5.66. The Kier molecular flexibility index (Phi) is 3.29. The summed E-state index contributed by atoms with van der Waals surface area (Å²) in [5.74, 6) is 3.03. The van der Waals surface area contributed by atoms with Gasteiger partial charge in [-0.1, -0.05) is 17.4 Å². The van der Waals surface area contributed by atoms with Crippen molar-refractivity contribution in [2.75, 3.05) is 7.11 Å². The molecule has 2 heterocycles. The molecule has 2 aliphatic carbocycles. The van der Waals surface area contributed by atoms with Gasteiger partial charge in [-0.2, -0.15) is 0 Å². The second kappa shape index (κ2) is 5.30. The lowest BCUT2D eigenvalue weighted by atomic mass is 9.75. The summed E-state index contributed by atoms with van der Waals surface area (Å²) in [7, 11) is 1.58. The molecule has 5 rings (SSSR count). The van der Waals surface area contributed by atoms with E-state index in [1.807, 2.05) is 23.9 Å². The Morgan fingerprint density at radius 1 is 1.29 bits per heavy atom. The molecule has 0 saturated heterocycles. The van der Waals surface area contributed by atoms with Crippen LogP contribution in [-0.4, -0.2) is 22.5 Å². The van der Waals surface area contributed by atoms with Gasteiger partial charge in [0.2, 0.25) is 0 Å². The second-order valence-electron chi connectivity index (χ2n) is 7.11. The molecule has 2 bridgehead atoms. The Morgan fingerprint density at radius 2 is 2.12 bits per heavy atom. The van der Waals surface area contributed by atoms with Crippen LogP contribution in [-0.2, 0) is 0 Å². The number of thiazole rings is 1. The summed E-state index contributed by atoms with van der Waals surface area (Å²) in [6.07, 6.45) is 3.97. The van der Waals surface area contributed by atoms with Gasteiger partial charge in [0.05, 0.1) is 12.1 Å². The summed E-state index contributed by atoms with van der Waals surface area (Å²) in [5.41, 5.74) is 1.16. The molecule has 0 unspecified atom stereocenters. The number of fused-ring (bicyclic) bond motifs is 6. The van der Waals surface area contributed by atoms with Gasteiger partial charge in [-0.15, -0.1) is 11.8 Å². The predicted molar refractivity (Wildman–Crippen MR) is 95.4 cm³/mol. The summed E-state index contributed by atoms with van der Waals surface area (Å²) in [5, 5.41) is 11.6. The molecular formula is C18H19NO3S2. The fourth-order valence-corrected chi connectivity index (χ4v) is 8.00. The Labute approximate surface area is 148 Å². The van der Waals surface area contributed by atoms with Crippen molar-refractivity contribution in [2.24, 2.45) is 17.8 Å². The zero-order valence-electron chi connectivity index (χ0n) is 13.3. The average Bonchev–Trinajstić information content (AvgIpc) is 3.26. The van der Waals surface area contributed by atoms with Crippen LogP contribution in [0, 0.1) is 17.8 Å². The molecule has 2 N–H and O–H groups in total. The van der Waals surface area contributed by atoms with E-state index in [0.717, 1.165) is 22.4 Å². The molecule has 2 aromatic rings. The number of aromatic nitrogens is 1. The van der Waals surface area contributed by atoms with Gasteiger partial charge >= 0.3 is 4.87 Å². The molecule has 1 aromatic carbocycles. The van der Waals surface area contributed by atoms with E-state index in [4.69, 9.17) is 4.74 Å². The third kappa shape index (κ3) is 2.02. The topological polar surface area (TPSA) is 62.3 Å². The molecule has 0 radical (unpaired) electrons. The monoisotopic (exact) mass is 361 g/mol. The number of rotatable bonds is 2. The van der Waals surface area contributed by atoms with Crippen LogP contribution in [0.4, 0.5) is 0 Å². The van der Waals surface area contributed by atoms with Crippen molar-refractivity contribution in [3.8, 4) is 11.5 Å². The summed E-state index contributed by atoms with van der Waals surface area (Å²) < 4.78 is 5.32. The first-order chi connectivity index (χ1) is 11.7. The van der Waals surface area contributed by atoms with Crippen LogP contribution in [0.15, 0.2) is 28.0 Å². The van der Waals surface area contributed by atoms with Gasteiger partial charge in [-0.05, 0) is 54.7 Å². The maximum atomic E-state index is 12.0. The van der Waals surface area contributed by atoms with Crippen molar-refractivity contribution in [3.63, 3.8) is 0 Å². The van der Waals surface area contributed by atoms with Crippen LogP contribution in [0.1, 0.15) is 35.6 Å². The van der Waals surface area contributed by atoms with Crippen LogP contribution in [0.2, 0.25) is 0 Å². The smallest absolute Gasteiger partial charge is 0.305 e. The maximum Gasteiger partial charge on any atom is 0.305 e. The molecule has 1 aromatic heterocycles. The minimum atomic E-state index is 0.0376. The summed E-state index contributed by atoms with van der Waals surface area (Å²) >= 11 is 3.25. The van der Waals surface area contributed by atoms with E-state index in [0.29, 0.717) is 16.9 Å². The molecule has 3 aliphatic rings. The third-order valence-electron chi connectivity index (χ3n) is 6.03. The lowest BCUT2D eigenvalue weighted by molar-refractivity contribution is 0.306. The summed E-state index contributed by atoms with van der Waals surface area (Å²) in [4.78, 5) is 16.3. The van der Waals surface area contributed by atoms with Gasteiger partial charge in [0.1, 0.15) is 0 Å². The predicted octanol–water partition coefficient (Wildman–Crippen LogP) is 3.80. The van der Waals surface area contributed by atoms with E-state index in [1.54, 1.807) is 13.2 Å². The number of phenols is 1. The van der Waals surface area contributed by atoms with Crippen molar-refractivity contribution in [1.82, 2.24) is 4.98 Å². The van der Waals surface area contributed by atoms with Crippen LogP contribution in [0.3, 0.4) is 0 Å². The molecule has 0 amide bonds. The minimum absolute atomic E-state index is 0.0376. The van der Waals surface area contributed by atoms with Crippen LogP contribution in [0.25, 0.3) is 0 Å². The molecular weight excluding hydrogens is 342 g/mol. The Balaban J connectivity index is 1.68. The van der Waals surface area contributed by atoms with E-state index in [1.165, 1.54) is 35.5 Å². The van der Waals surface area contributed by atoms with Crippen LogP contribution in [0.5, 0.6) is 11.5 Å². The molecule has 126 valence electrons. The highest BCUT2D eigenvalue weighted by atomic mass is 32.2. The number of benzene rings is 1. The molecule has 0 spiro atoms. The van der Waals surface area contributed by atoms with Gasteiger partial charge in [0, 0.05) is 16.0 Å². The number of hydrogen-bond donors (Lipinski definition) is 2. The highest BCUT2D eigenvalue weighted by Crippen LogP contribution is 2.63. The number of H-pyrrole nitrogens is 1. The maximum absolute atomic E-state index is 12.0. The highest BCUT2D eigenvalue weighted by molar-refractivity contribution is 8.00. The lowest BCUT2D eigenvalue weighted by Crippen LogP contribution is -2.33. The van der Waals surface area contributed by atoms with Crippen LogP contribution >= 0.6 is 23.1 Å². The molecule has 4 nitrogen and oxygen atoms in total. The normalized spacial score (nSPS) is 33.3. The number of ether oxygens (including phenoxy) is 1. The molecule has 2 saturated carbocycles. The van der Waals surface area contributed by atoms with Gasteiger partial charge in [-0.25, -0.2) is 0 Å². The molecule has 24 heavy (non-hydrogen) atoms. The SMILES string of the molecule is COc1cc([C@@H]2c3sc(=O)[nH]c3S[C@@H]3[C@H]4CC[C@@H](C4)[C@@H]23)ccc1O. The van der Waals surface area contributed by atoms with E-state index >= 15 is 0 Å². The van der Waals surface area contributed by atoms with Gasteiger partial charge in [0.25, 0.3) is 0 Å². The fraction of sp³-hybridized carbons (Fsp3) is 0.500. The van der Waals surface area contributed by atoms with Gasteiger partial charge < -0.3 is 14.8 Å². The zero-order valence-corrected chi connectivity index (χ0v) is 15.0. The van der Waals surface area contributed by atoms with Crippen molar-refractivity contribution in [2.45, 2.75) is 35.5 Å². The molecule has 5 atom stereocenters. The van der Waals surface area contributed by atoms with E-state index in [2.05, 4.69) is 4.98 Å². The van der Waals surface area contributed by atoms with Crippen molar-refractivity contribution in [3.05, 3.63) is 38.3 Å². The number of hydrogen-bond acceptors (Lipinski definition) is 5. The van der Waals surface area contributed by atoms with Crippen LogP contribution < -0.4 is 9.61 Å². The Hall–Kier alpha value is -1.40. The first-order valence-corrected chi connectivity index (χ1v) is 10.1. The Bertz CT molecular complexity index is 858. The first-order valence-electron chi connectivity index (χ1n) is 8.42. The minimum Gasteiger partial charge on any atom is -0.504 e. The van der Waals surface area contributed by atoms with Crippen molar-refractivity contribution >= 4 is 23.1 Å². The second-order valence-corrected chi connectivity index (χ2v) is 9.31. The van der Waals surface area contributed by atoms with Crippen molar-refractivity contribution < 1.29 is 9.84 Å². The Morgan fingerprint density at radius 3 is 2.96 bits per heavy atom. The quantitative estimate of drug-likeness (QED) is 0.854.